The van der Waals surface area contributed by atoms with Crippen molar-refractivity contribution < 1.29 is 19.4 Å². The highest BCUT2D eigenvalue weighted by molar-refractivity contribution is 5.94. The molecule has 0 radical (unpaired) electrons. The average Bonchev–Trinajstić information content (AvgIpc) is 2.46. The SMILES string of the molecule is COCC(C)(CC(=O)O)NC(=O)c1cnc2ccccn2c1=O. The van der Waals surface area contributed by atoms with Gasteiger partial charge in [-0.3, -0.25) is 18.8 Å². The third-order valence-electron chi connectivity index (χ3n) is 3.28. The number of amides is 1. The monoisotopic (exact) mass is 319 g/mol. The van der Waals surface area contributed by atoms with E-state index in [1.807, 2.05) is 0 Å². The number of aliphatic carboxylic acids is 1. The molecule has 8 heteroatoms. The van der Waals surface area contributed by atoms with E-state index < -0.39 is 23.0 Å². The number of carboxylic acids is 1. The molecule has 0 saturated heterocycles. The fourth-order valence-corrected chi connectivity index (χ4v) is 2.31. The maximum atomic E-state index is 12.4. The minimum absolute atomic E-state index is 0.00656. The van der Waals surface area contributed by atoms with Crippen LogP contribution in [0.2, 0.25) is 0 Å². The van der Waals surface area contributed by atoms with Gasteiger partial charge in [0.2, 0.25) is 0 Å². The van der Waals surface area contributed by atoms with E-state index in [0.717, 1.165) is 0 Å². The van der Waals surface area contributed by atoms with E-state index in [1.165, 1.54) is 30.8 Å². The maximum absolute atomic E-state index is 12.4. The van der Waals surface area contributed by atoms with Crippen molar-refractivity contribution in [3.05, 3.63) is 46.5 Å². The van der Waals surface area contributed by atoms with Gasteiger partial charge in [0, 0.05) is 19.5 Å². The quantitative estimate of drug-likeness (QED) is 0.792. The lowest BCUT2D eigenvalue weighted by atomic mass is 9.98. The molecule has 0 aromatic carbocycles. The Labute approximate surface area is 131 Å². The number of aromatic nitrogens is 2. The number of carboxylic acid groups (broad SMARTS) is 1. The fraction of sp³-hybridized carbons (Fsp3) is 0.333. The lowest BCUT2D eigenvalue weighted by Crippen LogP contribution is -2.51. The second-order valence-electron chi connectivity index (χ2n) is 5.42. The minimum atomic E-state index is -1.14. The molecule has 0 fully saturated rings. The van der Waals surface area contributed by atoms with E-state index in [1.54, 1.807) is 18.2 Å². The summed E-state index contributed by atoms with van der Waals surface area (Å²) in [4.78, 5) is 39.7. The smallest absolute Gasteiger partial charge is 0.305 e. The van der Waals surface area contributed by atoms with Crippen LogP contribution in [0.4, 0.5) is 0 Å². The predicted octanol–water partition coefficient (Wildman–Crippen LogP) is 0.304. The van der Waals surface area contributed by atoms with Crippen LogP contribution in [0.25, 0.3) is 5.65 Å². The highest BCUT2D eigenvalue weighted by Crippen LogP contribution is 2.11. The van der Waals surface area contributed by atoms with Crippen molar-refractivity contribution in [1.29, 1.82) is 0 Å². The van der Waals surface area contributed by atoms with Crippen LogP contribution in [-0.4, -0.2) is 45.6 Å². The summed E-state index contributed by atoms with van der Waals surface area (Å²) < 4.78 is 6.22. The molecule has 0 aliphatic carbocycles. The van der Waals surface area contributed by atoms with Gasteiger partial charge in [0.15, 0.2) is 0 Å². The predicted molar refractivity (Wildman–Crippen MR) is 81.5 cm³/mol. The Morgan fingerprint density at radius 2 is 2.17 bits per heavy atom. The van der Waals surface area contributed by atoms with E-state index >= 15 is 0 Å². The summed E-state index contributed by atoms with van der Waals surface area (Å²) in [7, 11) is 1.40. The Kier molecular flexibility index (Phi) is 4.75. The summed E-state index contributed by atoms with van der Waals surface area (Å²) in [6.07, 6.45) is 2.35. The topological polar surface area (TPSA) is 110 Å². The highest BCUT2D eigenvalue weighted by atomic mass is 16.5. The van der Waals surface area contributed by atoms with E-state index in [0.29, 0.717) is 5.65 Å². The number of hydrogen-bond donors (Lipinski definition) is 2. The van der Waals surface area contributed by atoms with Crippen LogP contribution < -0.4 is 10.9 Å². The first-order valence-electron chi connectivity index (χ1n) is 6.86. The van der Waals surface area contributed by atoms with Gasteiger partial charge in [-0.2, -0.15) is 0 Å². The first kappa shape index (κ1) is 16.6. The van der Waals surface area contributed by atoms with Gasteiger partial charge in [-0.15, -0.1) is 0 Å². The molecule has 23 heavy (non-hydrogen) atoms. The number of nitrogens with zero attached hydrogens (tertiary/aromatic N) is 2. The molecule has 0 saturated carbocycles. The summed E-state index contributed by atoms with van der Waals surface area (Å²) in [6, 6.07) is 5.02. The molecule has 0 aliphatic heterocycles. The minimum Gasteiger partial charge on any atom is -0.481 e. The number of fused-ring (bicyclic) bond motifs is 1. The normalized spacial score (nSPS) is 13.5. The summed E-state index contributed by atoms with van der Waals surface area (Å²) in [5, 5.41) is 11.5. The molecule has 2 heterocycles. The molecule has 0 spiro atoms. The number of pyridine rings is 1. The summed E-state index contributed by atoms with van der Waals surface area (Å²) >= 11 is 0. The summed E-state index contributed by atoms with van der Waals surface area (Å²) in [5.74, 6) is -1.78. The Morgan fingerprint density at radius 3 is 2.83 bits per heavy atom. The molecule has 1 unspecified atom stereocenters. The zero-order valence-electron chi connectivity index (χ0n) is 12.8. The molecular weight excluding hydrogens is 302 g/mol. The average molecular weight is 319 g/mol. The molecule has 122 valence electrons. The van der Waals surface area contributed by atoms with Crippen LogP contribution in [0.3, 0.4) is 0 Å². The van der Waals surface area contributed by atoms with Crippen LogP contribution >= 0.6 is 0 Å². The largest absolute Gasteiger partial charge is 0.481 e. The van der Waals surface area contributed by atoms with Gasteiger partial charge in [-0.1, -0.05) is 6.07 Å². The van der Waals surface area contributed by atoms with Gasteiger partial charge >= 0.3 is 5.97 Å². The van der Waals surface area contributed by atoms with Crippen molar-refractivity contribution in [2.75, 3.05) is 13.7 Å². The number of carbonyl (C=O) groups is 2. The van der Waals surface area contributed by atoms with E-state index in [4.69, 9.17) is 9.84 Å². The van der Waals surface area contributed by atoms with Crippen molar-refractivity contribution in [3.8, 4) is 0 Å². The number of nitrogens with one attached hydrogen (secondary N) is 1. The third kappa shape index (κ3) is 3.72. The molecule has 2 N–H and O–H groups in total. The second kappa shape index (κ2) is 6.57. The number of hydrogen-bond acceptors (Lipinski definition) is 5. The first-order valence-corrected chi connectivity index (χ1v) is 6.86. The molecule has 1 atom stereocenters. The summed E-state index contributed by atoms with van der Waals surface area (Å²) in [6.45, 7) is 1.53. The Morgan fingerprint density at radius 1 is 1.43 bits per heavy atom. The second-order valence-corrected chi connectivity index (χ2v) is 5.42. The maximum Gasteiger partial charge on any atom is 0.305 e. The first-order chi connectivity index (χ1) is 10.9. The van der Waals surface area contributed by atoms with E-state index in [2.05, 4.69) is 10.3 Å². The lowest BCUT2D eigenvalue weighted by Gasteiger charge is -2.28. The number of carbonyl (C=O) groups excluding carboxylic acids is 1. The van der Waals surface area contributed by atoms with Crippen LogP contribution in [0, 0.1) is 0 Å². The Bertz CT molecular complexity index is 801. The van der Waals surface area contributed by atoms with Crippen LogP contribution in [0.15, 0.2) is 35.4 Å². The third-order valence-corrected chi connectivity index (χ3v) is 3.28. The molecule has 2 aromatic rings. The van der Waals surface area contributed by atoms with Gasteiger partial charge in [0.1, 0.15) is 11.2 Å². The summed E-state index contributed by atoms with van der Waals surface area (Å²) in [5.41, 5.74) is -1.41. The Balaban J connectivity index is 2.34. The lowest BCUT2D eigenvalue weighted by molar-refractivity contribution is -0.139. The molecule has 2 rings (SSSR count). The van der Waals surface area contributed by atoms with Gasteiger partial charge in [0.25, 0.3) is 11.5 Å². The van der Waals surface area contributed by atoms with Crippen molar-refractivity contribution in [2.45, 2.75) is 18.9 Å². The van der Waals surface area contributed by atoms with Crippen molar-refractivity contribution in [2.24, 2.45) is 0 Å². The van der Waals surface area contributed by atoms with Gasteiger partial charge < -0.3 is 15.2 Å². The number of methoxy groups -OCH3 is 1. The molecule has 0 aliphatic rings. The van der Waals surface area contributed by atoms with Crippen LogP contribution in [0.1, 0.15) is 23.7 Å². The van der Waals surface area contributed by atoms with E-state index in [9.17, 15) is 14.4 Å². The molecule has 2 aromatic heterocycles. The van der Waals surface area contributed by atoms with Crippen LogP contribution in [0.5, 0.6) is 0 Å². The molecule has 1 amide bonds. The highest BCUT2D eigenvalue weighted by Gasteiger charge is 2.31. The van der Waals surface area contributed by atoms with Gasteiger partial charge in [-0.25, -0.2) is 4.98 Å². The van der Waals surface area contributed by atoms with E-state index in [-0.39, 0.29) is 18.6 Å². The zero-order valence-corrected chi connectivity index (χ0v) is 12.8. The molecule has 0 bridgehead atoms. The van der Waals surface area contributed by atoms with Gasteiger partial charge in [-0.05, 0) is 19.1 Å². The Hall–Kier alpha value is -2.74. The van der Waals surface area contributed by atoms with Crippen molar-refractivity contribution in [3.63, 3.8) is 0 Å². The fourth-order valence-electron chi connectivity index (χ4n) is 2.31. The van der Waals surface area contributed by atoms with Gasteiger partial charge in [0.05, 0.1) is 18.6 Å². The number of rotatable bonds is 6. The molecule has 8 nitrogen and oxygen atoms in total. The zero-order chi connectivity index (χ0) is 17.0. The molecular formula is C15H17N3O5. The number of ether oxygens (including phenoxy) is 1. The standard InChI is InChI=1S/C15H17N3O5/c1-15(9-23-2,7-12(19)20)17-13(21)10-8-16-11-5-3-4-6-18(11)14(10)22/h3-6,8H,7,9H2,1-2H3,(H,17,21)(H,19,20). The van der Waals surface area contributed by atoms with Crippen molar-refractivity contribution in [1.82, 2.24) is 14.7 Å². The van der Waals surface area contributed by atoms with Crippen LogP contribution in [-0.2, 0) is 9.53 Å². The van der Waals surface area contributed by atoms with Crippen molar-refractivity contribution >= 4 is 17.5 Å².